The van der Waals surface area contributed by atoms with E-state index in [9.17, 15) is 0 Å². The predicted molar refractivity (Wildman–Crippen MR) is 133 cm³/mol. The van der Waals surface area contributed by atoms with Crippen LogP contribution in [0.5, 0.6) is 11.5 Å². The third-order valence-corrected chi connectivity index (χ3v) is 5.58. The summed E-state index contributed by atoms with van der Waals surface area (Å²) in [6.45, 7) is 8.20. The highest BCUT2D eigenvalue weighted by atomic mass is 16.5. The van der Waals surface area contributed by atoms with Crippen molar-refractivity contribution in [1.29, 1.82) is 0 Å². The van der Waals surface area contributed by atoms with Crippen LogP contribution in [0.3, 0.4) is 0 Å². The van der Waals surface area contributed by atoms with Crippen LogP contribution in [0.4, 0.5) is 5.69 Å². The Labute approximate surface area is 189 Å². The molecule has 0 saturated carbocycles. The van der Waals surface area contributed by atoms with Crippen molar-refractivity contribution in [1.82, 2.24) is 0 Å². The van der Waals surface area contributed by atoms with Crippen molar-refractivity contribution in [3.63, 3.8) is 0 Å². The fraction of sp³-hybridized carbons (Fsp3) is 0.536. The molecule has 0 aliphatic carbocycles. The van der Waals surface area contributed by atoms with Gasteiger partial charge < -0.3 is 9.47 Å². The van der Waals surface area contributed by atoms with E-state index >= 15 is 0 Å². The second-order valence-electron chi connectivity index (χ2n) is 8.47. The van der Waals surface area contributed by atoms with Gasteiger partial charge in [-0.15, -0.1) is 0 Å². The maximum atomic E-state index is 5.87. The quantitative estimate of drug-likeness (QED) is 0.200. The Kier molecular flexibility index (Phi) is 12.5. The average molecular weight is 424 g/mol. The fourth-order valence-corrected chi connectivity index (χ4v) is 3.21. The lowest BCUT2D eigenvalue weighted by molar-refractivity contribution is 0.256. The molecule has 0 radical (unpaired) electrons. The van der Waals surface area contributed by atoms with E-state index < -0.39 is 0 Å². The molecule has 0 aliphatic heterocycles. The number of nitrogens with zero attached hydrogens (tertiary/aromatic N) is 1. The van der Waals surface area contributed by atoms with Gasteiger partial charge in [0.25, 0.3) is 0 Å². The molecule has 0 fully saturated rings. The predicted octanol–water partition coefficient (Wildman–Crippen LogP) is 8.38. The van der Waals surface area contributed by atoms with Gasteiger partial charge in [-0.2, -0.15) is 0 Å². The molecule has 2 rings (SSSR count). The van der Waals surface area contributed by atoms with Gasteiger partial charge in [0, 0.05) is 6.21 Å². The number of rotatable bonds is 16. The van der Waals surface area contributed by atoms with Gasteiger partial charge in [0.1, 0.15) is 11.5 Å². The smallest absolute Gasteiger partial charge is 0.119 e. The lowest BCUT2D eigenvalue weighted by atomic mass is 10.1. The summed E-state index contributed by atoms with van der Waals surface area (Å²) in [4.78, 5) is 4.56. The Morgan fingerprint density at radius 2 is 1.32 bits per heavy atom. The number of ether oxygens (including phenoxy) is 2. The van der Waals surface area contributed by atoms with Crippen LogP contribution < -0.4 is 9.47 Å². The van der Waals surface area contributed by atoms with Crippen molar-refractivity contribution < 1.29 is 9.47 Å². The first-order valence-electron chi connectivity index (χ1n) is 12.2. The van der Waals surface area contributed by atoms with E-state index in [4.69, 9.17) is 9.47 Å². The molecule has 0 aromatic heterocycles. The third kappa shape index (κ3) is 11.1. The molecule has 31 heavy (non-hydrogen) atoms. The Morgan fingerprint density at radius 1 is 0.742 bits per heavy atom. The van der Waals surface area contributed by atoms with Crippen LogP contribution in [0.15, 0.2) is 53.5 Å². The van der Waals surface area contributed by atoms with Gasteiger partial charge in [-0.3, -0.25) is 4.99 Å². The van der Waals surface area contributed by atoms with Gasteiger partial charge in [0.2, 0.25) is 0 Å². The van der Waals surface area contributed by atoms with Crippen molar-refractivity contribution >= 4 is 11.9 Å². The molecule has 2 aromatic carbocycles. The van der Waals surface area contributed by atoms with E-state index in [2.05, 4.69) is 37.9 Å². The van der Waals surface area contributed by atoms with Crippen molar-refractivity contribution in [3.05, 3.63) is 54.1 Å². The highest BCUT2D eigenvalue weighted by molar-refractivity contribution is 5.82. The van der Waals surface area contributed by atoms with E-state index in [0.717, 1.165) is 48.8 Å². The monoisotopic (exact) mass is 423 g/mol. The van der Waals surface area contributed by atoms with E-state index in [1.54, 1.807) is 0 Å². The van der Waals surface area contributed by atoms with Crippen molar-refractivity contribution in [3.8, 4) is 11.5 Å². The van der Waals surface area contributed by atoms with Crippen LogP contribution in [0.1, 0.15) is 84.1 Å². The Balaban J connectivity index is 1.65. The number of unbranched alkanes of at least 4 members (excludes halogenated alkanes) is 7. The first kappa shape index (κ1) is 25.0. The lowest BCUT2D eigenvalue weighted by Gasteiger charge is -2.10. The number of aliphatic imine (C=N–C) groups is 1. The van der Waals surface area contributed by atoms with Crippen molar-refractivity contribution in [2.45, 2.75) is 78.6 Å². The van der Waals surface area contributed by atoms with Gasteiger partial charge in [-0.25, -0.2) is 0 Å². The zero-order valence-corrected chi connectivity index (χ0v) is 19.8. The molecule has 0 heterocycles. The highest BCUT2D eigenvalue weighted by Gasteiger charge is 2.00. The summed E-state index contributed by atoms with van der Waals surface area (Å²) in [5.74, 6) is 2.41. The van der Waals surface area contributed by atoms with Gasteiger partial charge in [0.15, 0.2) is 0 Å². The Bertz CT molecular complexity index is 722. The molecule has 3 nitrogen and oxygen atoms in total. The zero-order valence-electron chi connectivity index (χ0n) is 19.8. The Hall–Kier alpha value is -2.29. The van der Waals surface area contributed by atoms with Crippen LogP contribution in [0.2, 0.25) is 0 Å². The molecule has 2 aromatic rings. The van der Waals surface area contributed by atoms with Crippen molar-refractivity contribution in [2.75, 3.05) is 13.2 Å². The number of hydrogen-bond donors (Lipinski definition) is 0. The van der Waals surface area contributed by atoms with E-state index in [-0.39, 0.29) is 0 Å². The summed E-state index contributed by atoms with van der Waals surface area (Å²) in [6.07, 6.45) is 13.6. The van der Waals surface area contributed by atoms with E-state index in [1.807, 2.05) is 42.6 Å². The molecule has 0 saturated heterocycles. The molecule has 0 amide bonds. The zero-order chi connectivity index (χ0) is 22.2. The lowest BCUT2D eigenvalue weighted by Crippen LogP contribution is -2.06. The second kappa shape index (κ2) is 15.5. The van der Waals surface area contributed by atoms with Crippen LogP contribution in [-0.4, -0.2) is 19.4 Å². The minimum absolute atomic E-state index is 0.574. The van der Waals surface area contributed by atoms with E-state index in [1.165, 1.54) is 44.9 Å². The third-order valence-electron chi connectivity index (χ3n) is 5.58. The fourth-order valence-electron chi connectivity index (χ4n) is 3.21. The topological polar surface area (TPSA) is 30.8 Å². The van der Waals surface area contributed by atoms with Crippen LogP contribution in [-0.2, 0) is 0 Å². The van der Waals surface area contributed by atoms with Crippen molar-refractivity contribution in [2.24, 2.45) is 10.9 Å². The summed E-state index contributed by atoms with van der Waals surface area (Å²) in [5, 5.41) is 0. The van der Waals surface area contributed by atoms with Crippen LogP contribution in [0, 0.1) is 5.92 Å². The second-order valence-corrected chi connectivity index (χ2v) is 8.47. The summed E-state index contributed by atoms with van der Waals surface area (Å²) >= 11 is 0. The van der Waals surface area contributed by atoms with Gasteiger partial charge in [0.05, 0.1) is 18.9 Å². The normalized spacial score (nSPS) is 12.2. The Morgan fingerprint density at radius 3 is 1.97 bits per heavy atom. The standard InChI is InChI=1S/C28H41NO2/c1-4-6-7-8-9-10-11-12-21-30-27-17-13-25(14-18-27)22-29-26-15-19-28(20-16-26)31-23-24(3)5-2/h13-20,22,24H,4-12,21,23H2,1-3H3/t24-/m0/s1. The molecular formula is C28H41NO2. The van der Waals surface area contributed by atoms with E-state index in [0.29, 0.717) is 5.92 Å². The minimum atomic E-state index is 0.574. The van der Waals surface area contributed by atoms with Crippen LogP contribution >= 0.6 is 0 Å². The average Bonchev–Trinajstić information content (AvgIpc) is 2.81. The van der Waals surface area contributed by atoms with Gasteiger partial charge in [-0.1, -0.05) is 72.1 Å². The molecule has 3 heteroatoms. The minimum Gasteiger partial charge on any atom is -0.494 e. The SMILES string of the molecule is CCCCCCCCCCOc1ccc(C=Nc2ccc(OC[C@@H](C)CC)cc2)cc1. The molecule has 1 atom stereocenters. The molecular weight excluding hydrogens is 382 g/mol. The summed E-state index contributed by atoms with van der Waals surface area (Å²) < 4.78 is 11.7. The molecule has 170 valence electrons. The largest absolute Gasteiger partial charge is 0.494 e. The molecule has 0 N–H and O–H groups in total. The highest BCUT2D eigenvalue weighted by Crippen LogP contribution is 2.19. The summed E-state index contributed by atoms with van der Waals surface area (Å²) in [5.41, 5.74) is 1.99. The maximum absolute atomic E-state index is 5.87. The first-order valence-corrected chi connectivity index (χ1v) is 12.2. The summed E-state index contributed by atoms with van der Waals surface area (Å²) in [7, 11) is 0. The molecule has 0 bridgehead atoms. The van der Waals surface area contributed by atoms with Gasteiger partial charge >= 0.3 is 0 Å². The molecule has 0 aliphatic rings. The van der Waals surface area contributed by atoms with Crippen LogP contribution in [0.25, 0.3) is 0 Å². The summed E-state index contributed by atoms with van der Waals surface area (Å²) in [6, 6.07) is 16.1. The maximum Gasteiger partial charge on any atom is 0.119 e. The number of benzene rings is 2. The van der Waals surface area contributed by atoms with Gasteiger partial charge in [-0.05, 0) is 66.4 Å². The first-order chi connectivity index (χ1) is 15.2. The number of hydrogen-bond acceptors (Lipinski definition) is 3. The molecule has 0 unspecified atom stereocenters. The molecule has 0 spiro atoms.